The van der Waals surface area contributed by atoms with E-state index in [1.807, 2.05) is 57.3 Å². The average molecular weight is 423 g/mol. The van der Waals surface area contributed by atoms with Crippen LogP contribution in [0.15, 0.2) is 51.4 Å². The van der Waals surface area contributed by atoms with E-state index in [-0.39, 0.29) is 5.56 Å². The summed E-state index contributed by atoms with van der Waals surface area (Å²) in [5.41, 5.74) is 4.31. The van der Waals surface area contributed by atoms with Crippen molar-refractivity contribution in [2.45, 2.75) is 26.8 Å². The molecule has 0 unspecified atom stereocenters. The lowest BCUT2D eigenvalue weighted by atomic mass is 9.96. The maximum absolute atomic E-state index is 13.5. The Kier molecular flexibility index (Phi) is 5.03. The van der Waals surface area contributed by atoms with Crippen molar-refractivity contribution < 1.29 is 9.53 Å². The van der Waals surface area contributed by atoms with E-state index in [0.717, 1.165) is 22.5 Å². The van der Waals surface area contributed by atoms with Gasteiger partial charge >= 0.3 is 5.97 Å². The van der Waals surface area contributed by atoms with Crippen LogP contribution in [0.5, 0.6) is 0 Å². The Hall–Kier alpha value is -3.26. The van der Waals surface area contributed by atoms with Gasteiger partial charge in [-0.3, -0.25) is 14.0 Å². The van der Waals surface area contributed by atoms with E-state index in [1.165, 1.54) is 18.4 Å². The Morgan fingerprint density at radius 1 is 1.20 bits per heavy atom. The number of thiazole rings is 1. The topological polar surface area (TPSA) is 78.5 Å². The molecule has 4 rings (SSSR count). The van der Waals surface area contributed by atoms with Crippen LogP contribution in [0.4, 0.5) is 0 Å². The molecule has 2 aromatic heterocycles. The molecule has 154 valence electrons. The number of carbonyl (C=O) groups is 1. The highest BCUT2D eigenvalue weighted by Gasteiger charge is 2.32. The van der Waals surface area contributed by atoms with Crippen LogP contribution >= 0.6 is 11.3 Å². The van der Waals surface area contributed by atoms with Crippen molar-refractivity contribution >= 4 is 23.4 Å². The summed E-state index contributed by atoms with van der Waals surface area (Å²) >= 11 is 1.31. The van der Waals surface area contributed by atoms with Gasteiger partial charge in [0.15, 0.2) is 4.80 Å². The third-order valence-corrected chi connectivity index (χ3v) is 6.37. The van der Waals surface area contributed by atoms with Gasteiger partial charge in [-0.15, -0.1) is 0 Å². The summed E-state index contributed by atoms with van der Waals surface area (Å²) in [4.78, 5) is 31.2. The lowest BCUT2D eigenvalue weighted by molar-refractivity contribution is -0.136. The van der Waals surface area contributed by atoms with E-state index in [2.05, 4.69) is 10.1 Å². The normalized spacial score (nSPS) is 16.4. The second-order valence-corrected chi connectivity index (χ2v) is 8.20. The molecule has 8 heteroatoms. The first kappa shape index (κ1) is 20.0. The molecule has 3 aromatic rings. The van der Waals surface area contributed by atoms with Crippen LogP contribution in [0.3, 0.4) is 0 Å². The van der Waals surface area contributed by atoms with Gasteiger partial charge in [-0.25, -0.2) is 9.79 Å². The van der Waals surface area contributed by atoms with Gasteiger partial charge < -0.3 is 4.74 Å². The van der Waals surface area contributed by atoms with Gasteiger partial charge in [0.25, 0.3) is 5.56 Å². The Morgan fingerprint density at radius 2 is 1.90 bits per heavy atom. The first-order valence-corrected chi connectivity index (χ1v) is 10.3. The Bertz CT molecular complexity index is 1360. The molecule has 0 saturated heterocycles. The van der Waals surface area contributed by atoms with Crippen LogP contribution < -0.4 is 14.9 Å². The molecule has 0 N–H and O–H groups in total. The number of aryl methyl sites for hydroxylation is 2. The second kappa shape index (κ2) is 7.53. The third kappa shape index (κ3) is 3.13. The number of fused-ring (bicyclic) bond motifs is 1. The lowest BCUT2D eigenvalue weighted by Crippen LogP contribution is -2.39. The molecule has 0 aliphatic carbocycles. The summed E-state index contributed by atoms with van der Waals surface area (Å²) in [6, 6.07) is 8.89. The number of benzene rings is 1. The van der Waals surface area contributed by atoms with Crippen molar-refractivity contribution in [2.75, 3.05) is 7.11 Å². The minimum atomic E-state index is -0.590. The van der Waals surface area contributed by atoms with E-state index in [1.54, 1.807) is 16.2 Å². The quantitative estimate of drug-likeness (QED) is 0.603. The van der Waals surface area contributed by atoms with Crippen molar-refractivity contribution in [3.63, 3.8) is 0 Å². The van der Waals surface area contributed by atoms with E-state index in [4.69, 9.17) is 4.74 Å². The highest BCUT2D eigenvalue weighted by Crippen LogP contribution is 2.30. The summed E-state index contributed by atoms with van der Waals surface area (Å²) < 4.78 is 8.95. The molecule has 1 aliphatic heterocycles. The number of hydrogen-bond donors (Lipinski definition) is 0. The van der Waals surface area contributed by atoms with Crippen molar-refractivity contribution in [3.8, 4) is 0 Å². The monoisotopic (exact) mass is 422 g/mol. The second-order valence-electron chi connectivity index (χ2n) is 7.19. The first-order chi connectivity index (χ1) is 14.3. The van der Waals surface area contributed by atoms with Gasteiger partial charge in [0, 0.05) is 18.3 Å². The number of methoxy groups -OCH3 is 1. The summed E-state index contributed by atoms with van der Waals surface area (Å²) in [6.45, 7) is 5.66. The molecule has 0 amide bonds. The fraction of sp³-hybridized carbons (Fsp3) is 0.273. The van der Waals surface area contributed by atoms with Gasteiger partial charge in [0.05, 0.1) is 34.6 Å². The van der Waals surface area contributed by atoms with Crippen molar-refractivity contribution in [1.29, 1.82) is 0 Å². The zero-order chi connectivity index (χ0) is 21.6. The Morgan fingerprint density at radius 3 is 2.50 bits per heavy atom. The maximum Gasteiger partial charge on any atom is 0.338 e. The Balaban J connectivity index is 2.01. The molecular weight excluding hydrogens is 400 g/mol. The van der Waals surface area contributed by atoms with Crippen LogP contribution in [0.2, 0.25) is 0 Å². The maximum atomic E-state index is 13.5. The van der Waals surface area contributed by atoms with E-state index >= 15 is 0 Å². The minimum absolute atomic E-state index is 0.191. The van der Waals surface area contributed by atoms with Crippen LogP contribution in [-0.4, -0.2) is 27.4 Å². The van der Waals surface area contributed by atoms with Crippen molar-refractivity contribution in [3.05, 3.63) is 83.8 Å². The van der Waals surface area contributed by atoms with E-state index in [0.29, 0.717) is 20.6 Å². The molecule has 3 heterocycles. The van der Waals surface area contributed by atoms with E-state index < -0.39 is 12.0 Å². The van der Waals surface area contributed by atoms with Crippen molar-refractivity contribution in [2.24, 2.45) is 12.0 Å². The molecule has 30 heavy (non-hydrogen) atoms. The highest BCUT2D eigenvalue weighted by atomic mass is 32.1. The summed E-state index contributed by atoms with van der Waals surface area (Å²) in [6.07, 6.45) is 1.86. The third-order valence-electron chi connectivity index (χ3n) is 5.38. The van der Waals surface area contributed by atoms with Crippen molar-refractivity contribution in [1.82, 2.24) is 14.3 Å². The zero-order valence-corrected chi connectivity index (χ0v) is 18.3. The SMILES string of the molecule is COC(=O)C1=C(C)N=c2s/c(=C/c3c(C)nn(C)c3C)c(=O)n2[C@@H]1c1ccccc1. The number of rotatable bonds is 3. The molecule has 1 atom stereocenters. The van der Waals surface area contributed by atoms with Crippen LogP contribution in [0.1, 0.15) is 35.5 Å². The highest BCUT2D eigenvalue weighted by molar-refractivity contribution is 7.07. The number of ether oxygens (including phenoxy) is 1. The molecule has 0 radical (unpaired) electrons. The molecular formula is C22H22N4O3S. The largest absolute Gasteiger partial charge is 0.466 e. The number of nitrogens with zero attached hydrogens (tertiary/aromatic N) is 4. The standard InChI is InChI=1S/C22H22N4O3S/c1-12-16(14(3)25(4)24-12)11-17-20(27)26-19(15-9-7-6-8-10-15)18(21(28)29-5)13(2)23-22(26)30-17/h6-11,19H,1-5H3/b17-11+/t19-/m1/s1. The fourth-order valence-corrected chi connectivity index (χ4v) is 4.80. The van der Waals surface area contributed by atoms with E-state index in [9.17, 15) is 9.59 Å². The average Bonchev–Trinajstić information content (AvgIpc) is 3.17. The number of carbonyl (C=O) groups excluding carboxylic acids is 1. The van der Waals surface area contributed by atoms with Gasteiger partial charge in [-0.2, -0.15) is 5.10 Å². The summed E-state index contributed by atoms with van der Waals surface area (Å²) in [5.74, 6) is -0.488. The fourth-order valence-electron chi connectivity index (χ4n) is 3.77. The number of allylic oxidation sites excluding steroid dienone is 1. The predicted molar refractivity (Wildman–Crippen MR) is 115 cm³/mol. The van der Waals surface area contributed by atoms with Crippen LogP contribution in [-0.2, 0) is 16.6 Å². The lowest BCUT2D eigenvalue weighted by Gasteiger charge is -2.24. The zero-order valence-electron chi connectivity index (χ0n) is 17.5. The number of hydrogen-bond acceptors (Lipinski definition) is 6. The first-order valence-electron chi connectivity index (χ1n) is 9.49. The van der Waals surface area contributed by atoms with Gasteiger partial charge in [0.2, 0.25) is 0 Å². The summed E-state index contributed by atoms with van der Waals surface area (Å²) in [7, 11) is 3.21. The van der Waals surface area contributed by atoms with Gasteiger partial charge in [-0.1, -0.05) is 41.7 Å². The van der Waals surface area contributed by atoms with Crippen LogP contribution in [0.25, 0.3) is 6.08 Å². The number of esters is 1. The Labute approximate surface area is 177 Å². The molecule has 1 aromatic carbocycles. The predicted octanol–water partition coefficient (Wildman–Crippen LogP) is 1.76. The number of aromatic nitrogens is 3. The molecule has 7 nitrogen and oxygen atoms in total. The summed E-state index contributed by atoms with van der Waals surface area (Å²) in [5, 5.41) is 4.43. The molecule has 1 aliphatic rings. The molecule has 0 fully saturated rings. The molecule has 0 bridgehead atoms. The molecule has 0 spiro atoms. The molecule has 0 saturated carbocycles. The van der Waals surface area contributed by atoms with Gasteiger partial charge in [0.1, 0.15) is 0 Å². The minimum Gasteiger partial charge on any atom is -0.466 e. The smallest absolute Gasteiger partial charge is 0.338 e. The van der Waals surface area contributed by atoms with Gasteiger partial charge in [-0.05, 0) is 32.4 Å². The van der Waals surface area contributed by atoms with Crippen LogP contribution in [0, 0.1) is 13.8 Å².